The zero-order valence-electron chi connectivity index (χ0n) is 11.4. The van der Waals surface area contributed by atoms with Crippen LogP contribution in [0.1, 0.15) is 44.1 Å². The molecule has 98 valence electrons. The van der Waals surface area contributed by atoms with E-state index < -0.39 is 0 Å². The van der Waals surface area contributed by atoms with Gasteiger partial charge in [0, 0.05) is 26.1 Å². The molecule has 0 aliphatic carbocycles. The minimum atomic E-state index is -0.290. The van der Waals surface area contributed by atoms with Gasteiger partial charge in [0.2, 0.25) is 0 Å². The Labute approximate surface area is 108 Å². The molecule has 0 aromatic carbocycles. The van der Waals surface area contributed by atoms with Gasteiger partial charge in [0.05, 0.1) is 0 Å². The number of aromatic nitrogens is 2. The first-order chi connectivity index (χ1) is 8.01. The summed E-state index contributed by atoms with van der Waals surface area (Å²) < 4.78 is 5.52. The molecule has 1 atom stereocenters. The smallest absolute Gasteiger partial charge is 0.149 e. The fourth-order valence-corrected chi connectivity index (χ4v) is 2.45. The molecular weight excluding hydrogens is 234 g/mol. The van der Waals surface area contributed by atoms with Gasteiger partial charge in [0.15, 0.2) is 0 Å². The molecule has 1 aromatic rings. The monoisotopic (exact) mass is 257 g/mol. The molecule has 0 amide bonds. The molecule has 0 saturated heterocycles. The second kappa shape index (κ2) is 6.42. The maximum Gasteiger partial charge on any atom is 0.149 e. The van der Waals surface area contributed by atoms with Gasteiger partial charge >= 0.3 is 0 Å². The average Bonchev–Trinajstić information content (AvgIpc) is 2.77. The Morgan fingerprint density at radius 3 is 2.65 bits per heavy atom. The standard InChI is InChI=1S/C12H23N3OS/c1-6-12(4,16-5)11-15-14-10(17-11)7-8-13-9(2)3/h9,13H,6-8H2,1-5H3. The van der Waals surface area contributed by atoms with E-state index in [1.54, 1.807) is 18.4 Å². The molecule has 0 aliphatic heterocycles. The normalized spacial score (nSPS) is 15.2. The van der Waals surface area contributed by atoms with Crippen LogP contribution >= 0.6 is 11.3 Å². The number of nitrogens with zero attached hydrogens (tertiary/aromatic N) is 2. The van der Waals surface area contributed by atoms with Gasteiger partial charge < -0.3 is 10.1 Å². The van der Waals surface area contributed by atoms with E-state index >= 15 is 0 Å². The van der Waals surface area contributed by atoms with Gasteiger partial charge in [-0.05, 0) is 13.3 Å². The van der Waals surface area contributed by atoms with Crippen molar-refractivity contribution in [3.05, 3.63) is 10.0 Å². The molecule has 0 radical (unpaired) electrons. The summed E-state index contributed by atoms with van der Waals surface area (Å²) in [5.41, 5.74) is -0.290. The molecule has 1 heterocycles. The van der Waals surface area contributed by atoms with Crippen molar-refractivity contribution < 1.29 is 4.74 Å². The van der Waals surface area contributed by atoms with Crippen LogP contribution in [-0.2, 0) is 16.8 Å². The van der Waals surface area contributed by atoms with E-state index in [0.29, 0.717) is 6.04 Å². The highest BCUT2D eigenvalue weighted by atomic mass is 32.1. The predicted molar refractivity (Wildman–Crippen MR) is 71.4 cm³/mol. The van der Waals surface area contributed by atoms with Crippen LogP contribution in [0.5, 0.6) is 0 Å². The SMILES string of the molecule is CCC(C)(OC)c1nnc(CCNC(C)C)s1. The van der Waals surface area contributed by atoms with E-state index in [0.717, 1.165) is 29.4 Å². The minimum Gasteiger partial charge on any atom is -0.371 e. The molecule has 1 rings (SSSR count). The van der Waals surface area contributed by atoms with Crippen molar-refractivity contribution in [1.29, 1.82) is 0 Å². The maximum absolute atomic E-state index is 5.52. The topological polar surface area (TPSA) is 47.0 Å². The maximum atomic E-state index is 5.52. The summed E-state index contributed by atoms with van der Waals surface area (Å²) in [6, 6.07) is 0.516. The molecule has 4 nitrogen and oxygen atoms in total. The van der Waals surface area contributed by atoms with Gasteiger partial charge in [0.25, 0.3) is 0 Å². The van der Waals surface area contributed by atoms with Crippen molar-refractivity contribution in [3.63, 3.8) is 0 Å². The van der Waals surface area contributed by atoms with Crippen LogP contribution in [0, 0.1) is 0 Å². The third kappa shape index (κ3) is 4.01. The van der Waals surface area contributed by atoms with E-state index in [4.69, 9.17) is 4.74 Å². The van der Waals surface area contributed by atoms with Crippen molar-refractivity contribution >= 4 is 11.3 Å². The van der Waals surface area contributed by atoms with Gasteiger partial charge in [-0.2, -0.15) is 0 Å². The number of hydrogen-bond acceptors (Lipinski definition) is 5. The molecular formula is C12H23N3OS. The first-order valence-corrected chi connectivity index (χ1v) is 6.95. The Balaban J connectivity index is 2.59. The number of nitrogens with one attached hydrogen (secondary N) is 1. The molecule has 17 heavy (non-hydrogen) atoms. The van der Waals surface area contributed by atoms with Crippen LogP contribution in [0.2, 0.25) is 0 Å². The minimum absolute atomic E-state index is 0.290. The Morgan fingerprint density at radius 2 is 2.12 bits per heavy atom. The zero-order valence-corrected chi connectivity index (χ0v) is 12.2. The largest absolute Gasteiger partial charge is 0.371 e. The fourth-order valence-electron chi connectivity index (χ4n) is 1.42. The van der Waals surface area contributed by atoms with E-state index in [1.165, 1.54) is 0 Å². The lowest BCUT2D eigenvalue weighted by atomic mass is 10.1. The third-order valence-corrected chi connectivity index (χ3v) is 4.16. The summed E-state index contributed by atoms with van der Waals surface area (Å²) in [6.07, 6.45) is 1.84. The molecule has 1 N–H and O–H groups in total. The van der Waals surface area contributed by atoms with Gasteiger partial charge in [-0.1, -0.05) is 32.1 Å². The number of methoxy groups -OCH3 is 1. The zero-order chi connectivity index (χ0) is 12.9. The molecule has 0 fully saturated rings. The molecule has 0 bridgehead atoms. The van der Waals surface area contributed by atoms with Crippen LogP contribution in [0.3, 0.4) is 0 Å². The average molecular weight is 257 g/mol. The van der Waals surface area contributed by atoms with Crippen molar-refractivity contribution in [1.82, 2.24) is 15.5 Å². The van der Waals surface area contributed by atoms with Crippen molar-refractivity contribution in [3.8, 4) is 0 Å². The third-order valence-electron chi connectivity index (χ3n) is 2.94. The van der Waals surface area contributed by atoms with Crippen LogP contribution < -0.4 is 5.32 Å². The fraction of sp³-hybridized carbons (Fsp3) is 0.833. The molecule has 0 spiro atoms. The lowest BCUT2D eigenvalue weighted by Gasteiger charge is -2.22. The first-order valence-electron chi connectivity index (χ1n) is 6.13. The molecule has 1 aromatic heterocycles. The number of rotatable bonds is 7. The van der Waals surface area contributed by atoms with Crippen LogP contribution in [-0.4, -0.2) is 29.9 Å². The van der Waals surface area contributed by atoms with Gasteiger partial charge in [-0.25, -0.2) is 0 Å². The van der Waals surface area contributed by atoms with Crippen LogP contribution in [0.4, 0.5) is 0 Å². The Hall–Kier alpha value is -0.520. The Morgan fingerprint density at radius 1 is 1.41 bits per heavy atom. The quantitative estimate of drug-likeness (QED) is 0.814. The lowest BCUT2D eigenvalue weighted by molar-refractivity contribution is -0.00207. The van der Waals surface area contributed by atoms with E-state index in [1.807, 2.05) is 0 Å². The van der Waals surface area contributed by atoms with Crippen molar-refractivity contribution in [2.24, 2.45) is 0 Å². The second-order valence-electron chi connectivity index (χ2n) is 4.65. The summed E-state index contributed by atoms with van der Waals surface area (Å²) in [7, 11) is 1.73. The van der Waals surface area contributed by atoms with Crippen molar-refractivity contribution in [2.75, 3.05) is 13.7 Å². The summed E-state index contributed by atoms with van der Waals surface area (Å²) in [5.74, 6) is 0. The number of ether oxygens (including phenoxy) is 1. The summed E-state index contributed by atoms with van der Waals surface area (Å²) in [4.78, 5) is 0. The van der Waals surface area contributed by atoms with Crippen LogP contribution in [0.15, 0.2) is 0 Å². The van der Waals surface area contributed by atoms with Gasteiger partial charge in [-0.15, -0.1) is 10.2 Å². The van der Waals surface area contributed by atoms with E-state index in [2.05, 4.69) is 43.2 Å². The van der Waals surface area contributed by atoms with Gasteiger partial charge in [0.1, 0.15) is 15.6 Å². The first kappa shape index (κ1) is 14.5. The molecule has 0 saturated carbocycles. The van der Waals surface area contributed by atoms with Crippen LogP contribution in [0.25, 0.3) is 0 Å². The highest BCUT2D eigenvalue weighted by Crippen LogP contribution is 2.30. The van der Waals surface area contributed by atoms with Crippen molar-refractivity contribution in [2.45, 2.75) is 52.2 Å². The van der Waals surface area contributed by atoms with Gasteiger partial charge in [-0.3, -0.25) is 0 Å². The Kier molecular flexibility index (Phi) is 5.49. The van der Waals surface area contributed by atoms with E-state index in [-0.39, 0.29) is 5.60 Å². The highest BCUT2D eigenvalue weighted by molar-refractivity contribution is 7.11. The molecule has 0 aliphatic rings. The van der Waals surface area contributed by atoms with E-state index in [9.17, 15) is 0 Å². The summed E-state index contributed by atoms with van der Waals surface area (Å²) in [5, 5.41) is 13.9. The second-order valence-corrected chi connectivity index (χ2v) is 5.71. The lowest BCUT2D eigenvalue weighted by Crippen LogP contribution is -2.24. The molecule has 1 unspecified atom stereocenters. The summed E-state index contributed by atoms with van der Waals surface area (Å²) >= 11 is 1.65. The summed E-state index contributed by atoms with van der Waals surface area (Å²) in [6.45, 7) is 9.39. The highest BCUT2D eigenvalue weighted by Gasteiger charge is 2.28. The molecule has 5 heteroatoms. The Bertz CT molecular complexity index is 334. The predicted octanol–water partition coefficient (Wildman–Crippen LogP) is 2.35. The number of hydrogen-bond donors (Lipinski definition) is 1.